The van der Waals surface area contributed by atoms with Crippen molar-refractivity contribution in [3.8, 4) is 0 Å². The third kappa shape index (κ3) is 2.60. The van der Waals surface area contributed by atoms with E-state index in [0.29, 0.717) is 0 Å². The molecule has 0 fully saturated rings. The Morgan fingerprint density at radius 1 is 1.70 bits per heavy atom. The summed E-state index contributed by atoms with van der Waals surface area (Å²) >= 11 is 2.19. The Kier molecular flexibility index (Phi) is 3.78. The Bertz CT molecular complexity index is 127. The minimum absolute atomic E-state index is 0.245. The normalized spacial score (nSPS) is 11.2. The van der Waals surface area contributed by atoms with Crippen molar-refractivity contribution in [1.29, 1.82) is 0 Å². The molecular weight excluding hydrogens is 210 g/mol. The molecular formula is C5H7BrF2O2. The molecule has 0 amide bonds. The van der Waals surface area contributed by atoms with Gasteiger partial charge in [0.25, 0.3) is 0 Å². The maximum Gasteiger partial charge on any atom is 0.388 e. The van der Waals surface area contributed by atoms with Gasteiger partial charge in [-0.3, -0.25) is 0 Å². The highest BCUT2D eigenvalue weighted by atomic mass is 79.9. The first kappa shape index (κ1) is 9.81. The number of carbonyl (C=O) groups is 1. The van der Waals surface area contributed by atoms with E-state index in [1.807, 2.05) is 0 Å². The number of alkyl halides is 2. The minimum Gasteiger partial charge on any atom is -0.379 e. The van der Waals surface area contributed by atoms with Crippen molar-refractivity contribution < 1.29 is 17.4 Å². The molecule has 0 saturated heterocycles. The number of halogens is 3. The van der Waals surface area contributed by atoms with Crippen molar-refractivity contribution in [3.63, 3.8) is 0 Å². The van der Waals surface area contributed by atoms with Gasteiger partial charge >= 0.3 is 11.9 Å². The average Bonchev–Trinajstić information content (AvgIpc) is 1.86. The van der Waals surface area contributed by atoms with E-state index in [9.17, 15) is 13.6 Å². The summed E-state index contributed by atoms with van der Waals surface area (Å²) in [4.78, 5) is 10.2. The second-order valence-electron chi connectivity index (χ2n) is 1.82. The summed E-state index contributed by atoms with van der Waals surface area (Å²) in [7, 11) is 0. The van der Waals surface area contributed by atoms with Gasteiger partial charge in [-0.2, -0.15) is 8.78 Å². The van der Waals surface area contributed by atoms with Gasteiger partial charge in [-0.05, 0) is 6.42 Å². The van der Waals surface area contributed by atoms with Crippen LogP contribution in [0.25, 0.3) is 0 Å². The molecule has 0 aliphatic carbocycles. The molecule has 0 N–H and O–H groups in total. The second-order valence-corrected chi connectivity index (χ2v) is 2.14. The molecule has 0 rings (SSSR count). The summed E-state index contributed by atoms with van der Waals surface area (Å²) in [5.41, 5.74) is 0. The van der Waals surface area contributed by atoms with Crippen LogP contribution in [0.3, 0.4) is 0 Å². The summed E-state index contributed by atoms with van der Waals surface area (Å²) in [6.45, 7) is 1.56. The third-order valence-corrected chi connectivity index (χ3v) is 1.23. The first-order chi connectivity index (χ1) is 4.54. The predicted octanol–water partition coefficient (Wildman–Crippen LogP) is 2.27. The summed E-state index contributed by atoms with van der Waals surface area (Å²) in [5.74, 6) is -4.88. The van der Waals surface area contributed by atoms with Gasteiger partial charge in [0.05, 0.1) is 0 Å². The van der Waals surface area contributed by atoms with Gasteiger partial charge in [0.1, 0.15) is 0 Å². The van der Waals surface area contributed by atoms with E-state index in [4.69, 9.17) is 0 Å². The van der Waals surface area contributed by atoms with Crippen molar-refractivity contribution in [2.75, 3.05) is 0 Å². The molecule has 5 heteroatoms. The van der Waals surface area contributed by atoms with Crippen LogP contribution in [0.2, 0.25) is 0 Å². The van der Waals surface area contributed by atoms with Gasteiger partial charge in [0, 0.05) is 6.42 Å². The molecule has 0 radical (unpaired) electrons. The average molecular weight is 217 g/mol. The molecule has 0 aromatic heterocycles. The number of hydrogen-bond acceptors (Lipinski definition) is 2. The fourth-order valence-corrected chi connectivity index (χ4v) is 0.709. The van der Waals surface area contributed by atoms with Gasteiger partial charge < -0.3 is 3.83 Å². The van der Waals surface area contributed by atoms with E-state index in [1.54, 1.807) is 6.92 Å². The predicted molar refractivity (Wildman–Crippen MR) is 34.9 cm³/mol. The number of hydrogen-bond donors (Lipinski definition) is 0. The molecule has 0 bridgehead atoms. The van der Waals surface area contributed by atoms with Crippen molar-refractivity contribution in [2.45, 2.75) is 25.7 Å². The van der Waals surface area contributed by atoms with E-state index >= 15 is 0 Å². The first-order valence-corrected chi connectivity index (χ1v) is 3.40. The smallest absolute Gasteiger partial charge is 0.379 e. The van der Waals surface area contributed by atoms with Crippen LogP contribution in [-0.4, -0.2) is 11.9 Å². The van der Waals surface area contributed by atoms with Crippen molar-refractivity contribution in [1.82, 2.24) is 0 Å². The van der Waals surface area contributed by atoms with Gasteiger partial charge in [0.2, 0.25) is 0 Å². The van der Waals surface area contributed by atoms with Crippen LogP contribution in [0.15, 0.2) is 0 Å². The SMILES string of the molecule is CCCC(F)(F)C(=O)OBr. The lowest BCUT2D eigenvalue weighted by Crippen LogP contribution is -2.28. The lowest BCUT2D eigenvalue weighted by Gasteiger charge is -2.09. The fraction of sp³-hybridized carbons (Fsp3) is 0.800. The molecule has 0 aliphatic rings. The van der Waals surface area contributed by atoms with Gasteiger partial charge in [-0.1, -0.05) is 6.92 Å². The van der Waals surface area contributed by atoms with Crippen LogP contribution in [-0.2, 0) is 8.62 Å². The van der Waals surface area contributed by atoms with E-state index in [0.717, 1.165) is 0 Å². The zero-order valence-electron chi connectivity index (χ0n) is 5.36. The largest absolute Gasteiger partial charge is 0.388 e. The van der Waals surface area contributed by atoms with Crippen LogP contribution >= 0.6 is 16.3 Å². The lowest BCUT2D eigenvalue weighted by molar-refractivity contribution is -0.160. The molecule has 0 aromatic rings. The van der Waals surface area contributed by atoms with Crippen LogP contribution in [0.1, 0.15) is 19.8 Å². The lowest BCUT2D eigenvalue weighted by atomic mass is 10.2. The van der Waals surface area contributed by atoms with Crippen LogP contribution in [0.5, 0.6) is 0 Å². The fourth-order valence-electron chi connectivity index (χ4n) is 0.472. The molecule has 0 aromatic carbocycles. The van der Waals surface area contributed by atoms with Crippen LogP contribution < -0.4 is 0 Å². The number of carbonyl (C=O) groups excluding carboxylic acids is 1. The Morgan fingerprint density at radius 3 is 2.50 bits per heavy atom. The molecule has 60 valence electrons. The van der Waals surface area contributed by atoms with Crippen molar-refractivity contribution in [2.24, 2.45) is 0 Å². The maximum absolute atomic E-state index is 12.3. The summed E-state index contributed by atoms with van der Waals surface area (Å²) in [6, 6.07) is 0. The second kappa shape index (κ2) is 3.85. The number of rotatable bonds is 3. The van der Waals surface area contributed by atoms with Crippen molar-refractivity contribution in [3.05, 3.63) is 0 Å². The Hall–Kier alpha value is -0.190. The maximum atomic E-state index is 12.3. The van der Waals surface area contributed by atoms with E-state index in [-0.39, 0.29) is 6.42 Å². The van der Waals surface area contributed by atoms with Gasteiger partial charge in [-0.25, -0.2) is 4.79 Å². The van der Waals surface area contributed by atoms with Crippen LogP contribution in [0, 0.1) is 0 Å². The van der Waals surface area contributed by atoms with E-state index in [1.165, 1.54) is 0 Å². The van der Waals surface area contributed by atoms with E-state index < -0.39 is 18.3 Å². The monoisotopic (exact) mass is 216 g/mol. The molecule has 0 unspecified atom stereocenters. The highest BCUT2D eigenvalue weighted by Gasteiger charge is 2.39. The van der Waals surface area contributed by atoms with Gasteiger partial charge in [0.15, 0.2) is 16.3 Å². The standard InChI is InChI=1S/C5H7BrF2O2/c1-2-3-5(7,8)4(9)10-6/h2-3H2,1H3. The molecule has 0 heterocycles. The Morgan fingerprint density at radius 2 is 2.20 bits per heavy atom. The zero-order chi connectivity index (χ0) is 8.20. The highest BCUT2D eigenvalue weighted by molar-refractivity contribution is 9.06. The molecule has 0 atom stereocenters. The molecule has 0 spiro atoms. The quantitative estimate of drug-likeness (QED) is 0.724. The third-order valence-electron chi connectivity index (χ3n) is 0.933. The molecule has 0 aliphatic heterocycles. The molecule has 10 heavy (non-hydrogen) atoms. The molecule has 2 nitrogen and oxygen atoms in total. The Balaban J connectivity index is 3.96. The Labute approximate surface area is 66.0 Å². The topological polar surface area (TPSA) is 26.3 Å². The van der Waals surface area contributed by atoms with E-state index in [2.05, 4.69) is 20.1 Å². The summed E-state index contributed by atoms with van der Waals surface area (Å²) < 4.78 is 28.3. The first-order valence-electron chi connectivity index (χ1n) is 2.75. The summed E-state index contributed by atoms with van der Waals surface area (Å²) in [5, 5.41) is 0. The van der Waals surface area contributed by atoms with Crippen molar-refractivity contribution >= 4 is 22.2 Å². The molecule has 0 saturated carbocycles. The van der Waals surface area contributed by atoms with Crippen LogP contribution in [0.4, 0.5) is 8.78 Å². The van der Waals surface area contributed by atoms with Gasteiger partial charge in [-0.15, -0.1) is 0 Å². The zero-order valence-corrected chi connectivity index (χ0v) is 6.95. The summed E-state index contributed by atoms with van der Waals surface area (Å²) in [6.07, 6.45) is -0.230. The minimum atomic E-state index is -3.35. The highest BCUT2D eigenvalue weighted by Crippen LogP contribution is 2.22.